The molecule has 0 heterocycles. The molecule has 1 aliphatic carbocycles. The minimum Gasteiger partial charge on any atom is -0.432 e. The molecule has 1 saturated carbocycles. The third-order valence-electron chi connectivity index (χ3n) is 4.01. The van der Waals surface area contributed by atoms with Gasteiger partial charge in [-0.25, -0.2) is 0 Å². The number of halogens is 7. The molecule has 9 heteroatoms. The molecule has 0 amide bonds. The predicted molar refractivity (Wildman–Crippen MR) is 74.5 cm³/mol. The summed E-state index contributed by atoms with van der Waals surface area (Å²) in [7, 11) is -9.80. The SMILES string of the molecule is CC1CCC(C(F)(F)Oc2ccc(S(F)(F)(F)(F)F)cc2)CC1. The van der Waals surface area contributed by atoms with Crippen molar-refractivity contribution in [2.75, 3.05) is 0 Å². The van der Waals surface area contributed by atoms with Crippen LogP contribution in [-0.2, 0) is 0 Å². The first-order chi connectivity index (χ1) is 10.2. The zero-order valence-corrected chi connectivity index (χ0v) is 13.1. The van der Waals surface area contributed by atoms with E-state index in [0.29, 0.717) is 30.9 Å². The zero-order chi connectivity index (χ0) is 17.6. The van der Waals surface area contributed by atoms with E-state index in [1.807, 2.05) is 6.92 Å². The lowest BCUT2D eigenvalue weighted by Crippen LogP contribution is -2.36. The third-order valence-corrected chi connectivity index (χ3v) is 5.18. The first kappa shape index (κ1) is 18.2. The molecule has 1 aliphatic rings. The Morgan fingerprint density at radius 2 is 1.39 bits per heavy atom. The minimum atomic E-state index is -9.80. The summed E-state index contributed by atoms with van der Waals surface area (Å²) in [5, 5.41) is 0. The van der Waals surface area contributed by atoms with Crippen LogP contribution in [0.15, 0.2) is 29.2 Å². The molecule has 1 nitrogen and oxygen atoms in total. The van der Waals surface area contributed by atoms with Crippen LogP contribution in [0.5, 0.6) is 5.75 Å². The van der Waals surface area contributed by atoms with E-state index in [0.717, 1.165) is 0 Å². The van der Waals surface area contributed by atoms with Crippen molar-refractivity contribution in [2.45, 2.75) is 43.6 Å². The molecule has 0 saturated heterocycles. The molecule has 0 radical (unpaired) electrons. The molecule has 2 rings (SSSR count). The Bertz CT molecular complexity index is 559. The molecule has 0 N–H and O–H groups in total. The molecule has 0 aliphatic heterocycles. The van der Waals surface area contributed by atoms with E-state index >= 15 is 0 Å². The van der Waals surface area contributed by atoms with Crippen LogP contribution in [-0.4, -0.2) is 6.11 Å². The maximum absolute atomic E-state index is 14.0. The lowest BCUT2D eigenvalue weighted by atomic mass is 9.82. The van der Waals surface area contributed by atoms with Gasteiger partial charge in [-0.2, -0.15) is 8.78 Å². The van der Waals surface area contributed by atoms with Crippen LogP contribution in [0.4, 0.5) is 28.2 Å². The van der Waals surface area contributed by atoms with Crippen molar-refractivity contribution in [1.29, 1.82) is 0 Å². The van der Waals surface area contributed by atoms with Gasteiger partial charge in [0.2, 0.25) is 0 Å². The standard InChI is InChI=1S/C14H17F7OS/c1-10-2-4-11(5-3-10)14(15,16)22-12-6-8-13(9-7-12)23(17,18,19,20)21/h6-11H,2-5H2,1H3. The van der Waals surface area contributed by atoms with Gasteiger partial charge >= 0.3 is 16.3 Å². The largest absolute Gasteiger partial charge is 0.432 e. The van der Waals surface area contributed by atoms with Gasteiger partial charge in [0, 0.05) is 0 Å². The lowest BCUT2D eigenvalue weighted by molar-refractivity contribution is -0.223. The molecular formula is C14H17F7OS. The topological polar surface area (TPSA) is 9.23 Å². The fourth-order valence-electron chi connectivity index (χ4n) is 2.60. The summed E-state index contributed by atoms with van der Waals surface area (Å²) in [6.45, 7) is 1.95. The van der Waals surface area contributed by atoms with Crippen molar-refractivity contribution >= 4 is 10.2 Å². The Labute approximate surface area is 129 Å². The fraction of sp³-hybridized carbons (Fsp3) is 0.571. The van der Waals surface area contributed by atoms with Crippen LogP contribution in [0, 0.1) is 11.8 Å². The van der Waals surface area contributed by atoms with Crippen molar-refractivity contribution in [1.82, 2.24) is 0 Å². The summed E-state index contributed by atoms with van der Waals surface area (Å²) >= 11 is 0. The lowest BCUT2D eigenvalue weighted by Gasteiger charge is -2.40. The molecule has 23 heavy (non-hydrogen) atoms. The van der Waals surface area contributed by atoms with Gasteiger partial charge in [0.25, 0.3) is 0 Å². The highest BCUT2D eigenvalue weighted by molar-refractivity contribution is 8.45. The highest BCUT2D eigenvalue weighted by Crippen LogP contribution is 3.02. The van der Waals surface area contributed by atoms with Gasteiger partial charge in [0.15, 0.2) is 0 Å². The van der Waals surface area contributed by atoms with Gasteiger partial charge in [-0.1, -0.05) is 39.2 Å². The second-order valence-corrected chi connectivity index (χ2v) is 8.47. The highest BCUT2D eigenvalue weighted by Gasteiger charge is 2.65. The van der Waals surface area contributed by atoms with Gasteiger partial charge in [-0.05, 0) is 43.0 Å². The Balaban J connectivity index is 2.12. The molecule has 0 aromatic heterocycles. The average Bonchev–Trinajstić information content (AvgIpc) is 2.36. The van der Waals surface area contributed by atoms with E-state index in [-0.39, 0.29) is 25.0 Å². The minimum absolute atomic E-state index is 0.0654. The van der Waals surface area contributed by atoms with Crippen molar-refractivity contribution in [3.8, 4) is 5.75 Å². The van der Waals surface area contributed by atoms with E-state index in [4.69, 9.17) is 0 Å². The van der Waals surface area contributed by atoms with Crippen LogP contribution in [0.25, 0.3) is 0 Å². The van der Waals surface area contributed by atoms with Gasteiger partial charge in [0.1, 0.15) is 10.6 Å². The first-order valence-corrected chi connectivity index (χ1v) is 9.03. The second-order valence-electron chi connectivity index (χ2n) is 6.06. The number of benzene rings is 1. The molecule has 0 spiro atoms. The molecule has 0 unspecified atom stereocenters. The van der Waals surface area contributed by atoms with Crippen LogP contribution in [0.2, 0.25) is 0 Å². The van der Waals surface area contributed by atoms with Crippen LogP contribution in [0.1, 0.15) is 32.6 Å². The van der Waals surface area contributed by atoms with Gasteiger partial charge in [0.05, 0.1) is 5.92 Å². The summed E-state index contributed by atoms with van der Waals surface area (Å²) in [6.07, 6.45) is -1.81. The van der Waals surface area contributed by atoms with E-state index in [1.165, 1.54) is 0 Å². The van der Waals surface area contributed by atoms with E-state index in [9.17, 15) is 28.2 Å². The summed E-state index contributed by atoms with van der Waals surface area (Å²) in [5.41, 5.74) is 0. The fourth-order valence-corrected chi connectivity index (χ4v) is 3.25. The molecule has 1 aromatic rings. The van der Waals surface area contributed by atoms with Gasteiger partial charge in [-0.3, -0.25) is 0 Å². The van der Waals surface area contributed by atoms with Crippen LogP contribution < -0.4 is 4.74 Å². The Kier molecular flexibility index (Phi) is 3.91. The Hall–Kier alpha value is -1.12. The number of alkyl halides is 2. The van der Waals surface area contributed by atoms with E-state index in [2.05, 4.69) is 4.74 Å². The summed E-state index contributed by atoms with van der Waals surface area (Å²) < 4.78 is 95.3. The van der Waals surface area contributed by atoms with Crippen LogP contribution in [0.3, 0.4) is 0 Å². The number of rotatable bonds is 4. The highest BCUT2D eigenvalue weighted by atomic mass is 32.5. The van der Waals surface area contributed by atoms with Crippen molar-refractivity contribution < 1.29 is 32.9 Å². The third kappa shape index (κ3) is 4.68. The van der Waals surface area contributed by atoms with E-state index in [1.54, 1.807) is 0 Å². The average molecular weight is 366 g/mol. The van der Waals surface area contributed by atoms with Crippen molar-refractivity contribution in [3.05, 3.63) is 24.3 Å². The molecular weight excluding hydrogens is 349 g/mol. The maximum atomic E-state index is 14.0. The van der Waals surface area contributed by atoms with Gasteiger partial charge < -0.3 is 4.74 Å². The smallest absolute Gasteiger partial charge is 0.400 e. The molecule has 0 bridgehead atoms. The second kappa shape index (κ2) is 4.94. The van der Waals surface area contributed by atoms with Crippen LogP contribution >= 0.6 is 10.2 Å². The van der Waals surface area contributed by atoms with Crippen molar-refractivity contribution in [2.24, 2.45) is 11.8 Å². The maximum Gasteiger partial charge on any atom is 0.400 e. The number of ether oxygens (including phenoxy) is 1. The monoisotopic (exact) mass is 366 g/mol. The Morgan fingerprint density at radius 1 is 0.913 bits per heavy atom. The predicted octanol–water partition coefficient (Wildman–Crippen LogP) is 7.14. The van der Waals surface area contributed by atoms with Crippen molar-refractivity contribution in [3.63, 3.8) is 0 Å². The quantitative estimate of drug-likeness (QED) is 0.515. The first-order valence-electron chi connectivity index (χ1n) is 7.08. The molecule has 134 valence electrons. The normalized spacial score (nSPS) is 26.3. The zero-order valence-electron chi connectivity index (χ0n) is 12.3. The number of hydrogen-bond acceptors (Lipinski definition) is 1. The Morgan fingerprint density at radius 3 is 1.83 bits per heavy atom. The molecule has 0 atom stereocenters. The summed E-state index contributed by atoms with van der Waals surface area (Å²) in [5.74, 6) is -1.26. The molecule has 1 fully saturated rings. The number of hydrogen-bond donors (Lipinski definition) is 0. The summed E-state index contributed by atoms with van der Waals surface area (Å²) in [6, 6.07) is 1.12. The molecule has 1 aromatic carbocycles. The van der Waals surface area contributed by atoms with E-state index < -0.39 is 32.9 Å². The summed E-state index contributed by atoms with van der Waals surface area (Å²) in [4.78, 5) is -2.13. The van der Waals surface area contributed by atoms with Gasteiger partial charge in [-0.15, -0.1) is 0 Å².